The Morgan fingerprint density at radius 2 is 2.29 bits per heavy atom. The van der Waals surface area contributed by atoms with Gasteiger partial charge in [0, 0.05) is 30.3 Å². The highest BCUT2D eigenvalue weighted by atomic mass is 79.9. The quantitative estimate of drug-likeness (QED) is 0.783. The van der Waals surface area contributed by atoms with Crippen LogP contribution < -0.4 is 4.90 Å². The Hall–Kier alpha value is -0.650. The van der Waals surface area contributed by atoms with E-state index in [2.05, 4.69) is 43.8 Å². The Kier molecular flexibility index (Phi) is 3.06. The smallest absolute Gasteiger partial charge is 0.128 e. The monoisotopic (exact) mass is 297 g/mol. The van der Waals surface area contributed by atoms with Gasteiger partial charge in [0.2, 0.25) is 0 Å². The van der Waals surface area contributed by atoms with Crippen molar-refractivity contribution in [2.75, 3.05) is 38.2 Å². The molecule has 0 aliphatic carbocycles. The van der Waals surface area contributed by atoms with E-state index in [4.69, 9.17) is 4.74 Å². The maximum absolute atomic E-state index is 5.83. The van der Waals surface area contributed by atoms with Gasteiger partial charge in [-0.15, -0.1) is 0 Å². The van der Waals surface area contributed by atoms with Gasteiger partial charge in [0.05, 0.1) is 18.8 Å². The number of ether oxygens (including phenoxy) is 1. The number of anilines is 1. The van der Waals surface area contributed by atoms with E-state index in [0.717, 1.165) is 36.5 Å². The Morgan fingerprint density at radius 1 is 1.41 bits per heavy atom. The lowest BCUT2D eigenvalue weighted by Crippen LogP contribution is -2.48. The van der Waals surface area contributed by atoms with Gasteiger partial charge in [-0.1, -0.05) is 0 Å². The molecule has 0 saturated carbocycles. The van der Waals surface area contributed by atoms with Crippen LogP contribution in [0.15, 0.2) is 22.8 Å². The first kappa shape index (κ1) is 11.4. The Balaban J connectivity index is 1.76. The zero-order valence-electron chi connectivity index (χ0n) is 9.84. The number of pyridine rings is 1. The summed E-state index contributed by atoms with van der Waals surface area (Å²) >= 11 is 3.41. The molecule has 0 radical (unpaired) electrons. The molecule has 0 bridgehead atoms. The second kappa shape index (κ2) is 4.55. The summed E-state index contributed by atoms with van der Waals surface area (Å²) in [5, 5.41) is 0. The van der Waals surface area contributed by atoms with E-state index < -0.39 is 0 Å². The number of fused-ring (bicyclic) bond motifs is 1. The topological polar surface area (TPSA) is 28.6 Å². The van der Waals surface area contributed by atoms with E-state index in [1.165, 1.54) is 0 Å². The Bertz CT molecular complexity index is 397. The minimum atomic E-state index is 0.333. The minimum Gasteiger partial charge on any atom is -0.373 e. The van der Waals surface area contributed by atoms with Crippen LogP contribution in [0.5, 0.6) is 0 Å². The van der Waals surface area contributed by atoms with Crippen LogP contribution in [-0.2, 0) is 4.74 Å². The van der Waals surface area contributed by atoms with Crippen LogP contribution in [0.3, 0.4) is 0 Å². The number of halogens is 1. The average molecular weight is 298 g/mol. The van der Waals surface area contributed by atoms with Crippen molar-refractivity contribution in [3.05, 3.63) is 22.8 Å². The molecule has 2 saturated heterocycles. The molecule has 0 spiro atoms. The van der Waals surface area contributed by atoms with Crippen molar-refractivity contribution in [2.24, 2.45) is 0 Å². The highest BCUT2D eigenvalue weighted by Gasteiger charge is 2.38. The van der Waals surface area contributed by atoms with Crippen molar-refractivity contribution in [2.45, 2.75) is 12.1 Å². The first-order chi connectivity index (χ1) is 8.24. The summed E-state index contributed by atoms with van der Waals surface area (Å²) in [6.45, 7) is 3.83. The molecule has 2 fully saturated rings. The van der Waals surface area contributed by atoms with Crippen LogP contribution in [0, 0.1) is 0 Å². The fourth-order valence-electron chi connectivity index (χ4n) is 2.60. The van der Waals surface area contributed by atoms with E-state index >= 15 is 0 Å². The van der Waals surface area contributed by atoms with Gasteiger partial charge < -0.3 is 9.64 Å². The number of likely N-dealkylation sites (N-methyl/N-ethyl adjacent to an activating group) is 1. The zero-order valence-corrected chi connectivity index (χ0v) is 11.4. The fraction of sp³-hybridized carbons (Fsp3) is 0.583. The maximum Gasteiger partial charge on any atom is 0.128 e. The third kappa shape index (κ3) is 2.19. The molecule has 2 aliphatic rings. The van der Waals surface area contributed by atoms with E-state index in [1.807, 2.05) is 12.3 Å². The van der Waals surface area contributed by atoms with Gasteiger partial charge in [-0.2, -0.15) is 0 Å². The average Bonchev–Trinajstić information content (AvgIpc) is 2.75. The highest BCUT2D eigenvalue weighted by Crippen LogP contribution is 2.25. The van der Waals surface area contributed by atoms with Crippen molar-refractivity contribution >= 4 is 21.7 Å². The molecule has 0 aromatic carbocycles. The summed E-state index contributed by atoms with van der Waals surface area (Å²) in [7, 11) is 2.18. The second-order valence-corrected chi connectivity index (χ2v) is 5.61. The first-order valence-corrected chi connectivity index (χ1v) is 6.72. The van der Waals surface area contributed by atoms with Crippen molar-refractivity contribution in [1.82, 2.24) is 9.88 Å². The van der Waals surface area contributed by atoms with Crippen LogP contribution in [0.25, 0.3) is 0 Å². The lowest BCUT2D eigenvalue weighted by molar-refractivity contribution is -0.0362. The number of hydrogen-bond donors (Lipinski definition) is 0. The third-order valence-corrected chi connectivity index (χ3v) is 4.08. The fourth-order valence-corrected chi connectivity index (χ4v) is 2.83. The van der Waals surface area contributed by atoms with Crippen LogP contribution in [0.4, 0.5) is 5.82 Å². The van der Waals surface area contributed by atoms with Crippen molar-refractivity contribution < 1.29 is 4.74 Å². The summed E-state index contributed by atoms with van der Waals surface area (Å²) in [6, 6.07) is 4.60. The van der Waals surface area contributed by atoms with Crippen LogP contribution in [-0.4, -0.2) is 55.3 Å². The molecule has 1 aromatic rings. The molecule has 5 heteroatoms. The van der Waals surface area contributed by atoms with Gasteiger partial charge in [-0.05, 0) is 35.1 Å². The first-order valence-electron chi connectivity index (χ1n) is 5.92. The number of nitrogens with zero attached hydrogens (tertiary/aromatic N) is 3. The lowest BCUT2D eigenvalue weighted by Gasteiger charge is -2.33. The molecule has 92 valence electrons. The molecule has 1 aromatic heterocycles. The molecule has 4 nitrogen and oxygen atoms in total. The lowest BCUT2D eigenvalue weighted by atomic mass is 10.1. The molecule has 2 atom stereocenters. The standard InChI is InChI=1S/C12H16BrN3O/c1-15-4-5-17-11-8-16(7-10(11)15)12-3-2-9(13)6-14-12/h2-3,6,10-11H,4-5,7-8H2,1H3. The highest BCUT2D eigenvalue weighted by molar-refractivity contribution is 9.10. The molecule has 0 amide bonds. The Morgan fingerprint density at radius 3 is 3.00 bits per heavy atom. The maximum atomic E-state index is 5.83. The molecule has 3 heterocycles. The summed E-state index contributed by atoms with van der Waals surface area (Å²) < 4.78 is 6.85. The second-order valence-electron chi connectivity index (χ2n) is 4.70. The molecule has 3 rings (SSSR count). The summed E-state index contributed by atoms with van der Waals surface area (Å²) in [5.41, 5.74) is 0. The molecule has 2 unspecified atom stereocenters. The predicted molar refractivity (Wildman–Crippen MR) is 70.3 cm³/mol. The normalized spacial score (nSPS) is 29.4. The summed E-state index contributed by atoms with van der Waals surface area (Å²) in [6.07, 6.45) is 2.18. The summed E-state index contributed by atoms with van der Waals surface area (Å²) in [4.78, 5) is 9.15. The molecule has 17 heavy (non-hydrogen) atoms. The van der Waals surface area contributed by atoms with Crippen LogP contribution in [0.2, 0.25) is 0 Å². The van der Waals surface area contributed by atoms with Crippen molar-refractivity contribution in [3.8, 4) is 0 Å². The molecular weight excluding hydrogens is 282 g/mol. The zero-order chi connectivity index (χ0) is 11.8. The Labute approximate surface area is 110 Å². The minimum absolute atomic E-state index is 0.333. The number of morpholine rings is 1. The number of aromatic nitrogens is 1. The van der Waals surface area contributed by atoms with Gasteiger partial charge in [0.25, 0.3) is 0 Å². The SMILES string of the molecule is CN1CCOC2CN(c3ccc(Br)cn3)CC21. The van der Waals surface area contributed by atoms with E-state index in [0.29, 0.717) is 12.1 Å². The molecule has 0 N–H and O–H groups in total. The van der Waals surface area contributed by atoms with E-state index in [-0.39, 0.29) is 0 Å². The molecule has 2 aliphatic heterocycles. The van der Waals surface area contributed by atoms with Gasteiger partial charge in [0.1, 0.15) is 5.82 Å². The van der Waals surface area contributed by atoms with Crippen molar-refractivity contribution in [1.29, 1.82) is 0 Å². The van der Waals surface area contributed by atoms with Gasteiger partial charge in [0.15, 0.2) is 0 Å². The molecular formula is C12H16BrN3O. The van der Waals surface area contributed by atoms with E-state index in [9.17, 15) is 0 Å². The van der Waals surface area contributed by atoms with Gasteiger partial charge >= 0.3 is 0 Å². The van der Waals surface area contributed by atoms with Crippen LogP contribution in [0.1, 0.15) is 0 Å². The largest absolute Gasteiger partial charge is 0.373 e. The van der Waals surface area contributed by atoms with Crippen molar-refractivity contribution in [3.63, 3.8) is 0 Å². The third-order valence-electron chi connectivity index (χ3n) is 3.61. The van der Waals surface area contributed by atoms with Gasteiger partial charge in [-0.3, -0.25) is 4.90 Å². The van der Waals surface area contributed by atoms with E-state index in [1.54, 1.807) is 0 Å². The number of hydrogen-bond acceptors (Lipinski definition) is 4. The summed E-state index contributed by atoms with van der Waals surface area (Å²) in [5.74, 6) is 1.04. The van der Waals surface area contributed by atoms with Crippen LogP contribution >= 0.6 is 15.9 Å². The van der Waals surface area contributed by atoms with Gasteiger partial charge in [-0.25, -0.2) is 4.98 Å². The number of rotatable bonds is 1. The predicted octanol–water partition coefficient (Wildman–Crippen LogP) is 1.36.